The summed E-state index contributed by atoms with van der Waals surface area (Å²) < 4.78 is 42.1. The Morgan fingerprint density at radius 3 is 2.60 bits per heavy atom. The molecule has 0 bridgehead atoms. The minimum absolute atomic E-state index is 0.223. The lowest BCUT2D eigenvalue weighted by atomic mass is 9.98. The molecular weight excluding hydrogens is 329 g/mol. The molecule has 7 heteroatoms. The van der Waals surface area contributed by atoms with Crippen LogP contribution in [0, 0.1) is 0 Å². The van der Waals surface area contributed by atoms with Crippen molar-refractivity contribution in [3.63, 3.8) is 0 Å². The van der Waals surface area contributed by atoms with Gasteiger partial charge in [0, 0.05) is 19.0 Å². The summed E-state index contributed by atoms with van der Waals surface area (Å²) in [6.07, 6.45) is -0.395. The highest BCUT2D eigenvalue weighted by molar-refractivity contribution is 5.33. The molecular formula is C18H21F3N4. The summed E-state index contributed by atoms with van der Waals surface area (Å²) in [5, 5.41) is 8.57. The second-order valence-corrected chi connectivity index (χ2v) is 7.02. The third kappa shape index (κ3) is 3.17. The van der Waals surface area contributed by atoms with Crippen LogP contribution in [0.1, 0.15) is 60.4 Å². The third-order valence-electron chi connectivity index (χ3n) is 5.27. The summed E-state index contributed by atoms with van der Waals surface area (Å²) in [4.78, 5) is 2.10. The van der Waals surface area contributed by atoms with E-state index in [1.807, 2.05) is 11.6 Å². The van der Waals surface area contributed by atoms with Gasteiger partial charge in [-0.1, -0.05) is 18.2 Å². The maximum atomic E-state index is 13.4. The molecule has 1 aliphatic heterocycles. The summed E-state index contributed by atoms with van der Waals surface area (Å²) in [7, 11) is 1.96. The van der Waals surface area contributed by atoms with E-state index >= 15 is 0 Å². The Morgan fingerprint density at radius 1 is 1.12 bits per heavy atom. The Morgan fingerprint density at radius 2 is 1.88 bits per heavy atom. The molecule has 1 aliphatic carbocycles. The molecule has 0 N–H and O–H groups in total. The molecule has 134 valence electrons. The average Bonchev–Trinajstić information content (AvgIpc) is 3.20. The zero-order valence-electron chi connectivity index (χ0n) is 14.1. The van der Waals surface area contributed by atoms with E-state index in [2.05, 4.69) is 15.1 Å². The Labute approximate surface area is 144 Å². The summed E-state index contributed by atoms with van der Waals surface area (Å²) in [5.41, 5.74) is -0.152. The van der Waals surface area contributed by atoms with Crippen molar-refractivity contribution in [1.82, 2.24) is 19.7 Å². The van der Waals surface area contributed by atoms with Crippen molar-refractivity contribution < 1.29 is 13.2 Å². The minimum Gasteiger partial charge on any atom is -0.317 e. The van der Waals surface area contributed by atoms with Crippen LogP contribution in [0.5, 0.6) is 0 Å². The number of nitrogens with zero attached hydrogens (tertiary/aromatic N) is 4. The van der Waals surface area contributed by atoms with E-state index < -0.39 is 11.7 Å². The second kappa shape index (κ2) is 6.12. The fraction of sp³-hybridized carbons (Fsp3) is 0.556. The Hall–Kier alpha value is -1.89. The molecule has 0 amide bonds. The molecule has 2 fully saturated rings. The van der Waals surface area contributed by atoms with Crippen molar-refractivity contribution >= 4 is 0 Å². The molecule has 25 heavy (non-hydrogen) atoms. The van der Waals surface area contributed by atoms with E-state index in [-0.39, 0.29) is 6.04 Å². The predicted molar refractivity (Wildman–Crippen MR) is 86.8 cm³/mol. The van der Waals surface area contributed by atoms with Gasteiger partial charge in [0.05, 0.1) is 12.1 Å². The van der Waals surface area contributed by atoms with E-state index in [1.54, 1.807) is 12.1 Å². The predicted octanol–water partition coefficient (Wildman–Crippen LogP) is 4.05. The molecule has 4 rings (SSSR count). The van der Waals surface area contributed by atoms with E-state index in [9.17, 15) is 13.2 Å². The number of benzene rings is 1. The number of aromatic nitrogens is 3. The highest BCUT2D eigenvalue weighted by Gasteiger charge is 2.38. The van der Waals surface area contributed by atoms with Gasteiger partial charge in [-0.3, -0.25) is 4.90 Å². The van der Waals surface area contributed by atoms with Crippen LogP contribution < -0.4 is 0 Å². The lowest BCUT2D eigenvalue weighted by Gasteiger charge is -2.26. The van der Waals surface area contributed by atoms with Crippen LogP contribution in [-0.2, 0) is 19.8 Å². The summed E-state index contributed by atoms with van der Waals surface area (Å²) in [6, 6.07) is 5.71. The Kier molecular flexibility index (Phi) is 4.06. The maximum absolute atomic E-state index is 13.4. The lowest BCUT2D eigenvalue weighted by Crippen LogP contribution is -2.26. The molecule has 1 aromatic heterocycles. The van der Waals surface area contributed by atoms with Crippen molar-refractivity contribution in [2.75, 3.05) is 6.54 Å². The zero-order valence-corrected chi connectivity index (χ0v) is 14.1. The van der Waals surface area contributed by atoms with Crippen molar-refractivity contribution in [2.45, 2.75) is 50.4 Å². The quantitative estimate of drug-likeness (QED) is 0.834. The van der Waals surface area contributed by atoms with Gasteiger partial charge in [-0.05, 0) is 43.9 Å². The van der Waals surface area contributed by atoms with Crippen molar-refractivity contribution in [2.24, 2.45) is 7.05 Å². The van der Waals surface area contributed by atoms with Gasteiger partial charge < -0.3 is 4.57 Å². The molecule has 2 aliphatic rings. The molecule has 0 radical (unpaired) electrons. The first-order valence-electron chi connectivity index (χ1n) is 8.73. The number of likely N-dealkylation sites (tertiary alicyclic amines) is 1. The van der Waals surface area contributed by atoms with Crippen molar-refractivity contribution in [1.29, 1.82) is 0 Å². The highest BCUT2D eigenvalue weighted by Crippen LogP contribution is 2.41. The number of halogens is 3. The van der Waals surface area contributed by atoms with Crippen LogP contribution in [0.25, 0.3) is 0 Å². The molecule has 0 unspecified atom stereocenters. The van der Waals surface area contributed by atoms with Crippen LogP contribution in [-0.4, -0.2) is 26.2 Å². The molecule has 2 heterocycles. The van der Waals surface area contributed by atoms with Crippen molar-refractivity contribution in [3.8, 4) is 0 Å². The lowest BCUT2D eigenvalue weighted by molar-refractivity contribution is -0.138. The largest absolute Gasteiger partial charge is 0.416 e. The topological polar surface area (TPSA) is 34.0 Å². The first kappa shape index (κ1) is 16.6. The zero-order chi connectivity index (χ0) is 17.6. The number of hydrogen-bond acceptors (Lipinski definition) is 3. The third-order valence-corrected chi connectivity index (χ3v) is 5.27. The normalized spacial score (nSPS) is 21.8. The summed E-state index contributed by atoms with van der Waals surface area (Å²) in [5.74, 6) is 2.34. The Bertz CT molecular complexity index is 764. The number of rotatable bonds is 4. The number of hydrogen-bond donors (Lipinski definition) is 0. The van der Waals surface area contributed by atoms with Gasteiger partial charge in [-0.25, -0.2) is 0 Å². The SMILES string of the molecule is Cn1c(CN2CCC[C@@H]2c2ccccc2C(F)(F)F)nnc1C1CC1. The van der Waals surface area contributed by atoms with Crippen LogP contribution >= 0.6 is 0 Å². The van der Waals surface area contributed by atoms with E-state index in [4.69, 9.17) is 0 Å². The average molecular weight is 350 g/mol. The minimum atomic E-state index is -4.32. The van der Waals surface area contributed by atoms with Gasteiger partial charge in [-0.2, -0.15) is 13.2 Å². The molecule has 0 spiro atoms. The smallest absolute Gasteiger partial charge is 0.317 e. The monoisotopic (exact) mass is 350 g/mol. The standard InChI is InChI=1S/C18H21F3N4/c1-24-16(22-23-17(24)12-8-9-12)11-25-10-4-7-15(25)13-5-2-3-6-14(13)18(19,20)21/h2-3,5-6,12,15H,4,7-11H2,1H3/t15-/m1/s1. The molecule has 1 saturated heterocycles. The van der Waals surface area contributed by atoms with Gasteiger partial charge in [-0.15, -0.1) is 10.2 Å². The Balaban J connectivity index is 1.59. The maximum Gasteiger partial charge on any atom is 0.416 e. The van der Waals surface area contributed by atoms with E-state index in [0.717, 1.165) is 43.9 Å². The van der Waals surface area contributed by atoms with E-state index in [0.29, 0.717) is 18.0 Å². The van der Waals surface area contributed by atoms with Crippen LogP contribution in [0.15, 0.2) is 24.3 Å². The number of alkyl halides is 3. The fourth-order valence-corrected chi connectivity index (χ4v) is 3.81. The van der Waals surface area contributed by atoms with Crippen molar-refractivity contribution in [3.05, 3.63) is 47.0 Å². The van der Waals surface area contributed by atoms with E-state index in [1.165, 1.54) is 12.1 Å². The summed E-state index contributed by atoms with van der Waals surface area (Å²) >= 11 is 0. The van der Waals surface area contributed by atoms with Crippen LogP contribution in [0.3, 0.4) is 0 Å². The van der Waals surface area contributed by atoms with Crippen LogP contribution in [0.4, 0.5) is 13.2 Å². The molecule has 1 aromatic carbocycles. The first-order valence-corrected chi connectivity index (χ1v) is 8.73. The molecule has 1 saturated carbocycles. The van der Waals surface area contributed by atoms with Gasteiger partial charge in [0.25, 0.3) is 0 Å². The van der Waals surface area contributed by atoms with Gasteiger partial charge in [0.2, 0.25) is 0 Å². The van der Waals surface area contributed by atoms with Gasteiger partial charge in [0.15, 0.2) is 0 Å². The molecule has 1 atom stereocenters. The van der Waals surface area contributed by atoms with Gasteiger partial charge in [0.1, 0.15) is 11.6 Å². The molecule has 2 aromatic rings. The fourth-order valence-electron chi connectivity index (χ4n) is 3.81. The van der Waals surface area contributed by atoms with Gasteiger partial charge >= 0.3 is 6.18 Å². The summed E-state index contributed by atoms with van der Waals surface area (Å²) in [6.45, 7) is 1.32. The second-order valence-electron chi connectivity index (χ2n) is 7.02. The molecule has 4 nitrogen and oxygen atoms in total. The first-order chi connectivity index (χ1) is 11.9. The highest BCUT2D eigenvalue weighted by atomic mass is 19.4. The van der Waals surface area contributed by atoms with Crippen LogP contribution in [0.2, 0.25) is 0 Å².